The summed E-state index contributed by atoms with van der Waals surface area (Å²) in [5.74, 6) is 2.72. The maximum Gasteiger partial charge on any atom is 0.205 e. The summed E-state index contributed by atoms with van der Waals surface area (Å²) in [6.07, 6.45) is 2.58. The molecule has 0 aliphatic carbocycles. The van der Waals surface area contributed by atoms with Crippen molar-refractivity contribution in [2.45, 2.75) is 26.8 Å². The molecule has 0 spiro atoms. The van der Waals surface area contributed by atoms with Crippen LogP contribution in [0.3, 0.4) is 0 Å². The van der Waals surface area contributed by atoms with E-state index in [9.17, 15) is 0 Å². The Morgan fingerprint density at radius 3 is 2.68 bits per heavy atom. The fourth-order valence-corrected chi connectivity index (χ4v) is 3.45. The second-order valence-electron chi connectivity index (χ2n) is 5.85. The van der Waals surface area contributed by atoms with Crippen molar-refractivity contribution < 1.29 is 0 Å². The summed E-state index contributed by atoms with van der Waals surface area (Å²) in [5, 5.41) is 12.4. The molecule has 2 aromatic rings. The van der Waals surface area contributed by atoms with Crippen LogP contribution in [0.15, 0.2) is 11.3 Å². The Hall–Kier alpha value is -2.23. The topological polar surface area (TPSA) is 87.4 Å². The molecule has 0 aromatic carbocycles. The number of piperazine rings is 1. The Morgan fingerprint density at radius 1 is 1.28 bits per heavy atom. The first-order valence-corrected chi connectivity index (χ1v) is 9.42. The van der Waals surface area contributed by atoms with E-state index in [-0.39, 0.29) is 0 Å². The lowest BCUT2D eigenvalue weighted by atomic mass is 10.3. The molecule has 2 aromatic heterocycles. The van der Waals surface area contributed by atoms with Crippen molar-refractivity contribution in [2.24, 2.45) is 12.0 Å². The standard InChI is InChI=1S/C15H25N9S/c1-4-12-19-15(25-21-12)24-8-6-23(7-9-24)14(16-5-2)17-10-13-20-18-11-22(13)3/h11H,4-10H2,1-3H3,(H,16,17). The minimum atomic E-state index is 0.523. The van der Waals surface area contributed by atoms with Crippen LogP contribution in [0.1, 0.15) is 25.5 Å². The number of aliphatic imine (C=N–C) groups is 1. The van der Waals surface area contributed by atoms with Gasteiger partial charge in [-0.25, -0.2) is 9.98 Å². The van der Waals surface area contributed by atoms with Crippen LogP contribution in [0.4, 0.5) is 5.13 Å². The molecule has 1 aliphatic rings. The highest BCUT2D eigenvalue weighted by Gasteiger charge is 2.22. The first-order chi connectivity index (χ1) is 12.2. The molecule has 0 saturated carbocycles. The van der Waals surface area contributed by atoms with Gasteiger partial charge >= 0.3 is 0 Å². The SMILES string of the molecule is CCNC(=NCc1nncn1C)N1CCN(c2nc(CC)ns2)CC1. The smallest absolute Gasteiger partial charge is 0.205 e. The first kappa shape index (κ1) is 17.6. The van der Waals surface area contributed by atoms with Crippen molar-refractivity contribution in [1.82, 2.24) is 34.3 Å². The minimum Gasteiger partial charge on any atom is -0.357 e. The number of rotatable bonds is 5. The molecule has 0 unspecified atom stereocenters. The van der Waals surface area contributed by atoms with E-state index >= 15 is 0 Å². The van der Waals surface area contributed by atoms with Gasteiger partial charge in [0, 0.05) is 57.7 Å². The third-order valence-electron chi connectivity index (χ3n) is 4.13. The van der Waals surface area contributed by atoms with Crippen molar-refractivity contribution in [3.05, 3.63) is 18.0 Å². The summed E-state index contributed by atoms with van der Waals surface area (Å²) < 4.78 is 6.28. The Morgan fingerprint density at radius 2 is 2.08 bits per heavy atom. The molecule has 3 heterocycles. The summed E-state index contributed by atoms with van der Waals surface area (Å²) >= 11 is 1.49. The van der Waals surface area contributed by atoms with E-state index in [0.717, 1.165) is 61.9 Å². The van der Waals surface area contributed by atoms with Gasteiger partial charge in [0.2, 0.25) is 5.13 Å². The van der Waals surface area contributed by atoms with Crippen molar-refractivity contribution in [3.63, 3.8) is 0 Å². The van der Waals surface area contributed by atoms with Crippen LogP contribution >= 0.6 is 11.5 Å². The fraction of sp³-hybridized carbons (Fsp3) is 0.667. The number of nitrogens with one attached hydrogen (secondary N) is 1. The van der Waals surface area contributed by atoms with Gasteiger partial charge in [0.05, 0.1) is 0 Å². The van der Waals surface area contributed by atoms with Gasteiger partial charge in [0.15, 0.2) is 11.8 Å². The summed E-state index contributed by atoms with van der Waals surface area (Å²) in [6, 6.07) is 0. The van der Waals surface area contributed by atoms with Crippen LogP contribution in [-0.4, -0.2) is 67.7 Å². The number of anilines is 1. The highest BCUT2D eigenvalue weighted by atomic mass is 32.1. The van der Waals surface area contributed by atoms with Crippen molar-refractivity contribution >= 4 is 22.6 Å². The van der Waals surface area contributed by atoms with Gasteiger partial charge in [-0.15, -0.1) is 10.2 Å². The third kappa shape index (κ3) is 4.25. The average molecular weight is 363 g/mol. The van der Waals surface area contributed by atoms with E-state index in [1.165, 1.54) is 11.5 Å². The molecule has 0 radical (unpaired) electrons. The Kier molecular flexibility index (Phi) is 5.79. The summed E-state index contributed by atoms with van der Waals surface area (Å²) in [6.45, 7) is 9.20. The minimum absolute atomic E-state index is 0.523. The molecule has 136 valence electrons. The Balaban J connectivity index is 1.61. The molecule has 1 N–H and O–H groups in total. The zero-order valence-electron chi connectivity index (χ0n) is 15.0. The molecule has 0 amide bonds. The summed E-state index contributed by atoms with van der Waals surface area (Å²) in [7, 11) is 1.93. The van der Waals surface area contributed by atoms with Gasteiger partial charge in [-0.3, -0.25) is 0 Å². The van der Waals surface area contributed by atoms with Gasteiger partial charge < -0.3 is 19.7 Å². The van der Waals surface area contributed by atoms with Gasteiger partial charge in [0.1, 0.15) is 18.7 Å². The van der Waals surface area contributed by atoms with E-state index < -0.39 is 0 Å². The lowest BCUT2D eigenvalue weighted by Gasteiger charge is -2.36. The van der Waals surface area contributed by atoms with Crippen LogP contribution in [0, 0.1) is 0 Å². The van der Waals surface area contributed by atoms with E-state index in [0.29, 0.717) is 6.54 Å². The van der Waals surface area contributed by atoms with Crippen LogP contribution in [0.5, 0.6) is 0 Å². The fourth-order valence-electron chi connectivity index (χ4n) is 2.65. The highest BCUT2D eigenvalue weighted by molar-refractivity contribution is 7.09. The number of guanidine groups is 1. The normalized spacial score (nSPS) is 15.7. The number of nitrogens with zero attached hydrogens (tertiary/aromatic N) is 8. The first-order valence-electron chi connectivity index (χ1n) is 8.65. The third-order valence-corrected chi connectivity index (χ3v) is 4.95. The molecule has 1 fully saturated rings. The molecule has 0 bridgehead atoms. The Bertz CT molecular complexity index is 699. The van der Waals surface area contributed by atoms with Gasteiger partial charge in [-0.2, -0.15) is 4.37 Å². The summed E-state index contributed by atoms with van der Waals surface area (Å²) in [5.41, 5.74) is 0. The second kappa shape index (κ2) is 8.24. The van der Waals surface area contributed by atoms with Crippen molar-refractivity contribution in [3.8, 4) is 0 Å². The molecule has 25 heavy (non-hydrogen) atoms. The molecule has 0 atom stereocenters. The number of hydrogen-bond donors (Lipinski definition) is 1. The quantitative estimate of drug-likeness (QED) is 0.612. The maximum absolute atomic E-state index is 4.72. The van der Waals surface area contributed by atoms with E-state index in [2.05, 4.69) is 48.5 Å². The lowest BCUT2D eigenvalue weighted by molar-refractivity contribution is 0.372. The number of aromatic nitrogens is 5. The largest absolute Gasteiger partial charge is 0.357 e. The zero-order chi connectivity index (χ0) is 17.6. The molecular formula is C15H25N9S. The van der Waals surface area contributed by atoms with Crippen molar-refractivity contribution in [1.29, 1.82) is 0 Å². The highest BCUT2D eigenvalue weighted by Crippen LogP contribution is 2.19. The molecule has 1 aliphatic heterocycles. The molecular weight excluding hydrogens is 338 g/mol. The number of aryl methyl sites for hydroxylation is 2. The second-order valence-corrected chi connectivity index (χ2v) is 6.58. The monoisotopic (exact) mass is 363 g/mol. The molecule has 9 nitrogen and oxygen atoms in total. The van der Waals surface area contributed by atoms with Crippen LogP contribution < -0.4 is 10.2 Å². The van der Waals surface area contributed by atoms with Crippen LogP contribution in [0.25, 0.3) is 0 Å². The van der Waals surface area contributed by atoms with Gasteiger partial charge in [-0.05, 0) is 6.92 Å². The van der Waals surface area contributed by atoms with Gasteiger partial charge in [0.25, 0.3) is 0 Å². The maximum atomic E-state index is 4.72. The lowest BCUT2D eigenvalue weighted by Crippen LogP contribution is -2.52. The van der Waals surface area contributed by atoms with E-state index in [4.69, 9.17) is 4.99 Å². The molecule has 1 saturated heterocycles. The predicted molar refractivity (Wildman–Crippen MR) is 98.9 cm³/mol. The molecule has 10 heteroatoms. The van der Waals surface area contributed by atoms with Crippen molar-refractivity contribution in [2.75, 3.05) is 37.6 Å². The van der Waals surface area contributed by atoms with Gasteiger partial charge in [-0.1, -0.05) is 6.92 Å². The zero-order valence-corrected chi connectivity index (χ0v) is 15.8. The van der Waals surface area contributed by atoms with Crippen LogP contribution in [0.2, 0.25) is 0 Å². The molecule has 3 rings (SSSR count). The Labute approximate surface area is 152 Å². The van der Waals surface area contributed by atoms with E-state index in [1.54, 1.807) is 6.33 Å². The predicted octanol–water partition coefficient (Wildman–Crippen LogP) is 0.517. The average Bonchev–Trinajstić information content (AvgIpc) is 3.28. The van der Waals surface area contributed by atoms with E-state index in [1.807, 2.05) is 11.6 Å². The number of hydrogen-bond acceptors (Lipinski definition) is 7. The summed E-state index contributed by atoms with van der Waals surface area (Å²) in [4.78, 5) is 13.9. The van der Waals surface area contributed by atoms with Crippen LogP contribution in [-0.2, 0) is 20.0 Å².